The lowest BCUT2D eigenvalue weighted by atomic mass is 9.95. The Kier molecular flexibility index (Phi) is 10.3. The number of carbonyl (C=O) groups excluding carboxylic acids is 1. The number of alkyl halides is 3. The third kappa shape index (κ3) is 7.10. The minimum absolute atomic E-state index is 0.00256. The largest absolute Gasteiger partial charge is 0.497 e. The Balaban J connectivity index is 1.49. The number of benzene rings is 2. The topological polar surface area (TPSA) is 101 Å². The monoisotopic (exact) mass is 644 g/mol. The molecule has 4 rings (SSSR count). The molecule has 0 N–H and O–H groups in total. The molecule has 0 saturated carbocycles. The van der Waals surface area contributed by atoms with Crippen molar-refractivity contribution in [3.63, 3.8) is 0 Å². The van der Waals surface area contributed by atoms with Gasteiger partial charge in [-0.25, -0.2) is 16.8 Å². The second-order valence-electron chi connectivity index (χ2n) is 11.3. The smallest absolute Gasteiger partial charge is 0.417 e. The normalized spacial score (nSPS) is 21.1. The summed E-state index contributed by atoms with van der Waals surface area (Å²) in [5.74, 6) is 0.211. The number of piperidine rings is 2. The first-order valence-electron chi connectivity index (χ1n) is 14.6. The van der Waals surface area contributed by atoms with Crippen molar-refractivity contribution in [1.82, 2.24) is 8.61 Å². The molecular weight excluding hydrogens is 605 g/mol. The van der Waals surface area contributed by atoms with Gasteiger partial charge in [-0.2, -0.15) is 21.8 Å². The molecule has 43 heavy (non-hydrogen) atoms. The van der Waals surface area contributed by atoms with Crippen LogP contribution in [0.15, 0.2) is 46.2 Å². The first-order chi connectivity index (χ1) is 20.2. The fraction of sp³-hybridized carbons (Fsp3) is 0.567. The number of nitrogens with zero attached hydrogens (tertiary/aromatic N) is 2. The molecule has 0 aliphatic carbocycles. The minimum Gasteiger partial charge on any atom is -0.497 e. The maximum Gasteiger partial charge on any atom is 0.417 e. The van der Waals surface area contributed by atoms with Crippen molar-refractivity contribution in [2.24, 2.45) is 0 Å². The molecule has 2 heterocycles. The number of rotatable bonds is 10. The maximum atomic E-state index is 13.8. The van der Waals surface area contributed by atoms with Gasteiger partial charge in [-0.1, -0.05) is 25.0 Å². The van der Waals surface area contributed by atoms with Gasteiger partial charge >= 0.3 is 6.18 Å². The quantitative estimate of drug-likeness (QED) is 0.322. The number of Topliss-reactive ketones (excluding diaryl/α,β-unsaturated/α-hetero) is 1. The van der Waals surface area contributed by atoms with Gasteiger partial charge in [-0.05, 0) is 87.8 Å². The Hall–Kier alpha value is -2.48. The summed E-state index contributed by atoms with van der Waals surface area (Å²) in [4.78, 5) is 12.8. The van der Waals surface area contributed by atoms with Gasteiger partial charge in [-0.15, -0.1) is 0 Å². The van der Waals surface area contributed by atoms with E-state index < -0.39 is 42.7 Å². The predicted molar refractivity (Wildman–Crippen MR) is 156 cm³/mol. The Morgan fingerprint density at radius 1 is 0.907 bits per heavy atom. The average Bonchev–Trinajstić information content (AvgIpc) is 2.96. The maximum absolute atomic E-state index is 13.8. The van der Waals surface area contributed by atoms with Crippen LogP contribution >= 0.6 is 0 Å². The number of ketones is 1. The lowest BCUT2D eigenvalue weighted by Crippen LogP contribution is -2.48. The van der Waals surface area contributed by atoms with E-state index in [4.69, 9.17) is 4.74 Å². The third-order valence-corrected chi connectivity index (χ3v) is 12.6. The van der Waals surface area contributed by atoms with Crippen molar-refractivity contribution in [3.8, 4) is 5.75 Å². The zero-order chi connectivity index (χ0) is 31.6. The van der Waals surface area contributed by atoms with Crippen LogP contribution in [0.2, 0.25) is 0 Å². The number of ether oxygens (including phenoxy) is 1. The molecule has 2 aliphatic heterocycles. The molecule has 2 atom stereocenters. The molecule has 13 heteroatoms. The first-order valence-corrected chi connectivity index (χ1v) is 17.5. The predicted octanol–water partition coefficient (Wildman–Crippen LogP) is 5.86. The highest BCUT2D eigenvalue weighted by atomic mass is 32.2. The summed E-state index contributed by atoms with van der Waals surface area (Å²) in [6.45, 7) is 3.79. The fourth-order valence-corrected chi connectivity index (χ4v) is 10.4. The Bertz CT molecular complexity index is 1520. The number of hydrogen-bond acceptors (Lipinski definition) is 6. The average molecular weight is 645 g/mol. The zero-order valence-corrected chi connectivity index (χ0v) is 26.3. The third-order valence-electron chi connectivity index (χ3n) is 8.37. The lowest BCUT2D eigenvalue weighted by molar-refractivity contribution is -0.139. The molecule has 0 amide bonds. The molecule has 0 radical (unpaired) electrons. The summed E-state index contributed by atoms with van der Waals surface area (Å²) < 4.78 is 103. The molecule has 0 spiro atoms. The van der Waals surface area contributed by atoms with Gasteiger partial charge < -0.3 is 4.74 Å². The van der Waals surface area contributed by atoms with Crippen molar-refractivity contribution in [1.29, 1.82) is 0 Å². The fourth-order valence-electron chi connectivity index (χ4n) is 6.38. The van der Waals surface area contributed by atoms with E-state index in [-0.39, 0.29) is 36.1 Å². The molecule has 2 aromatic rings. The minimum atomic E-state index is -4.87. The van der Waals surface area contributed by atoms with Crippen LogP contribution in [0.4, 0.5) is 13.2 Å². The van der Waals surface area contributed by atoms with E-state index in [1.54, 1.807) is 26.0 Å². The number of methoxy groups -OCH3 is 1. The summed E-state index contributed by atoms with van der Waals surface area (Å²) in [5.41, 5.74) is -0.0863. The lowest BCUT2D eigenvalue weighted by Gasteiger charge is -2.36. The van der Waals surface area contributed by atoms with Crippen LogP contribution in [0.25, 0.3) is 0 Å². The molecule has 238 valence electrons. The van der Waals surface area contributed by atoms with Gasteiger partial charge in [0, 0.05) is 25.6 Å². The summed E-state index contributed by atoms with van der Waals surface area (Å²) in [6.07, 6.45) is -0.664. The van der Waals surface area contributed by atoms with Gasteiger partial charge in [0.05, 0.1) is 28.5 Å². The summed E-state index contributed by atoms with van der Waals surface area (Å²) in [7, 11) is -6.90. The van der Waals surface area contributed by atoms with Gasteiger partial charge in [0.1, 0.15) is 5.75 Å². The Morgan fingerprint density at radius 2 is 1.51 bits per heavy atom. The van der Waals surface area contributed by atoms with Crippen LogP contribution in [-0.4, -0.2) is 63.5 Å². The number of sulfonamides is 2. The van der Waals surface area contributed by atoms with E-state index in [1.165, 1.54) is 17.5 Å². The van der Waals surface area contributed by atoms with Crippen molar-refractivity contribution >= 4 is 25.8 Å². The van der Waals surface area contributed by atoms with Crippen molar-refractivity contribution in [3.05, 3.63) is 53.1 Å². The highest BCUT2D eigenvalue weighted by Crippen LogP contribution is 2.37. The van der Waals surface area contributed by atoms with Crippen LogP contribution in [0.1, 0.15) is 74.5 Å². The molecular formula is C30H39F3N2O6S2. The van der Waals surface area contributed by atoms with E-state index >= 15 is 0 Å². The molecule has 2 fully saturated rings. The van der Waals surface area contributed by atoms with E-state index in [0.717, 1.165) is 35.3 Å². The second kappa shape index (κ2) is 13.3. The van der Waals surface area contributed by atoms with E-state index in [9.17, 15) is 34.8 Å². The zero-order valence-electron chi connectivity index (χ0n) is 24.7. The van der Waals surface area contributed by atoms with Crippen LogP contribution in [0.3, 0.4) is 0 Å². The van der Waals surface area contributed by atoms with E-state index in [2.05, 4.69) is 0 Å². The second-order valence-corrected chi connectivity index (χ2v) is 15.0. The van der Waals surface area contributed by atoms with Crippen LogP contribution in [0.5, 0.6) is 5.75 Å². The number of halogens is 3. The van der Waals surface area contributed by atoms with Crippen molar-refractivity contribution < 1.29 is 39.5 Å². The molecule has 0 bridgehead atoms. The SMILES string of the molecule is COc1cc(C)c(S(=O)(=O)N2CCCCC2CCCC(=O)C2CCCCN2S(=O)(=O)c2ccccc2C(F)(F)F)c(C)c1. The van der Waals surface area contributed by atoms with Gasteiger partial charge in [0.15, 0.2) is 5.78 Å². The molecule has 2 saturated heterocycles. The highest BCUT2D eigenvalue weighted by molar-refractivity contribution is 7.89. The molecule has 2 aliphatic rings. The summed E-state index contributed by atoms with van der Waals surface area (Å²) >= 11 is 0. The first kappa shape index (κ1) is 33.4. The van der Waals surface area contributed by atoms with Crippen LogP contribution < -0.4 is 4.74 Å². The molecule has 2 unspecified atom stereocenters. The van der Waals surface area contributed by atoms with Gasteiger partial charge in [0.2, 0.25) is 20.0 Å². The standard InChI is InChI=1S/C30H39F3N2O6S2/c1-21-19-24(41-3)20-22(2)29(21)43(39,40)34-17-8-6-11-23(34)12-10-15-27(36)26-14-7-9-18-35(26)42(37,38)28-16-5-4-13-25(28)30(31,32)33/h4-5,13,16,19-20,23,26H,6-12,14-15,17-18H2,1-3H3. The molecule has 0 aromatic heterocycles. The van der Waals surface area contributed by atoms with Crippen molar-refractivity contribution in [2.45, 2.75) is 99.7 Å². The highest BCUT2D eigenvalue weighted by Gasteiger charge is 2.43. The number of carbonyl (C=O) groups is 1. The number of hydrogen-bond donors (Lipinski definition) is 0. The van der Waals surface area contributed by atoms with E-state index in [1.807, 2.05) is 0 Å². The summed E-state index contributed by atoms with van der Waals surface area (Å²) in [5, 5.41) is 0. The Labute approximate surface area is 252 Å². The van der Waals surface area contributed by atoms with Gasteiger partial charge in [-0.3, -0.25) is 4.79 Å². The molecule has 8 nitrogen and oxygen atoms in total. The summed E-state index contributed by atoms with van der Waals surface area (Å²) in [6, 6.07) is 6.02. The van der Waals surface area contributed by atoms with Crippen molar-refractivity contribution in [2.75, 3.05) is 20.2 Å². The van der Waals surface area contributed by atoms with E-state index in [0.29, 0.717) is 55.5 Å². The van der Waals surface area contributed by atoms with Crippen LogP contribution in [0, 0.1) is 13.8 Å². The molecule has 2 aromatic carbocycles. The van der Waals surface area contributed by atoms with Crippen LogP contribution in [-0.2, 0) is 31.0 Å². The van der Waals surface area contributed by atoms with Gasteiger partial charge in [0.25, 0.3) is 0 Å². The number of aryl methyl sites for hydroxylation is 2. The Morgan fingerprint density at radius 3 is 2.14 bits per heavy atom.